The van der Waals surface area contributed by atoms with Gasteiger partial charge in [-0.15, -0.1) is 0 Å². The van der Waals surface area contributed by atoms with Gasteiger partial charge in [0.1, 0.15) is 5.75 Å². The first kappa shape index (κ1) is 18.1. The van der Waals surface area contributed by atoms with Crippen LogP contribution in [-0.2, 0) is 4.79 Å². The van der Waals surface area contributed by atoms with Gasteiger partial charge in [-0.3, -0.25) is 15.0 Å². The molecule has 1 heterocycles. The molecule has 0 aliphatic carbocycles. The number of urea groups is 1. The van der Waals surface area contributed by atoms with E-state index in [9.17, 15) is 9.59 Å². The first-order valence-corrected chi connectivity index (χ1v) is 8.20. The van der Waals surface area contributed by atoms with E-state index in [1.165, 1.54) is 0 Å². The quantitative estimate of drug-likeness (QED) is 0.842. The number of ether oxygens (including phenoxy) is 1. The second-order valence-corrected chi connectivity index (χ2v) is 6.11. The molecule has 0 aromatic heterocycles. The molecule has 2 N–H and O–H groups in total. The van der Waals surface area contributed by atoms with Crippen LogP contribution < -0.4 is 20.3 Å². The van der Waals surface area contributed by atoms with Crippen molar-refractivity contribution in [2.45, 2.75) is 19.9 Å². The molecule has 3 amide bonds. The van der Waals surface area contributed by atoms with Gasteiger partial charge >= 0.3 is 6.03 Å². The molecule has 132 valence electrons. The summed E-state index contributed by atoms with van der Waals surface area (Å²) in [4.78, 5) is 27.7. The van der Waals surface area contributed by atoms with Gasteiger partial charge in [0.2, 0.25) is 5.91 Å². The maximum atomic E-state index is 11.9. The number of piperazine rings is 1. The molecule has 1 saturated heterocycles. The highest BCUT2D eigenvalue weighted by Gasteiger charge is 2.21. The highest BCUT2D eigenvalue weighted by Crippen LogP contribution is 2.28. The zero-order valence-corrected chi connectivity index (χ0v) is 14.5. The Labute approximate surface area is 142 Å². The number of nitrogens with one attached hydrogen (secondary N) is 2. The predicted octanol–water partition coefficient (Wildman–Crippen LogP) is 1.05. The highest BCUT2D eigenvalue weighted by molar-refractivity contribution is 5.95. The van der Waals surface area contributed by atoms with Crippen molar-refractivity contribution in [1.29, 1.82) is 0 Å². The Morgan fingerprint density at radius 1 is 1.17 bits per heavy atom. The van der Waals surface area contributed by atoms with E-state index in [1.807, 2.05) is 43.0 Å². The average molecular weight is 334 g/mol. The molecule has 1 aliphatic rings. The summed E-state index contributed by atoms with van der Waals surface area (Å²) in [5.74, 6) is 0.577. The normalized spacial score (nSPS) is 15.2. The molecule has 1 aromatic rings. The van der Waals surface area contributed by atoms with Gasteiger partial charge in [0.05, 0.1) is 19.3 Å². The van der Waals surface area contributed by atoms with E-state index in [-0.39, 0.29) is 18.5 Å². The number of hydrogen-bond donors (Lipinski definition) is 2. The maximum absolute atomic E-state index is 11.9. The van der Waals surface area contributed by atoms with Crippen molar-refractivity contribution in [3.05, 3.63) is 24.3 Å². The Morgan fingerprint density at radius 2 is 1.83 bits per heavy atom. The fourth-order valence-corrected chi connectivity index (χ4v) is 2.71. The second kappa shape index (κ2) is 8.54. The Balaban J connectivity index is 1.80. The number of nitrogens with zero attached hydrogens (tertiary/aromatic N) is 2. The topological polar surface area (TPSA) is 73.9 Å². The molecule has 24 heavy (non-hydrogen) atoms. The van der Waals surface area contributed by atoms with Crippen LogP contribution in [0.2, 0.25) is 0 Å². The van der Waals surface area contributed by atoms with Crippen molar-refractivity contribution in [2.75, 3.05) is 44.7 Å². The number of hydrogen-bond acceptors (Lipinski definition) is 5. The number of anilines is 1. The molecule has 1 aromatic carbocycles. The summed E-state index contributed by atoms with van der Waals surface area (Å²) in [6.45, 7) is 7.07. The minimum absolute atomic E-state index is 0.00203. The van der Waals surface area contributed by atoms with Gasteiger partial charge < -0.3 is 15.0 Å². The van der Waals surface area contributed by atoms with Gasteiger partial charge in [0.15, 0.2) is 0 Å². The van der Waals surface area contributed by atoms with Crippen molar-refractivity contribution >= 4 is 17.6 Å². The van der Waals surface area contributed by atoms with Crippen LogP contribution in [0.1, 0.15) is 13.8 Å². The van der Waals surface area contributed by atoms with E-state index >= 15 is 0 Å². The number of benzene rings is 1. The van der Waals surface area contributed by atoms with Crippen molar-refractivity contribution in [3.8, 4) is 5.75 Å². The predicted molar refractivity (Wildman–Crippen MR) is 93.5 cm³/mol. The zero-order chi connectivity index (χ0) is 17.5. The lowest BCUT2D eigenvalue weighted by Crippen LogP contribution is -2.51. The SMILES string of the molecule is COc1ccccc1N1CCN(CC(=O)NC(=O)NC(C)C)CC1. The van der Waals surface area contributed by atoms with Crippen LogP contribution in [0, 0.1) is 0 Å². The van der Waals surface area contributed by atoms with Crippen LogP contribution in [0.4, 0.5) is 10.5 Å². The van der Waals surface area contributed by atoms with Gasteiger partial charge in [-0.1, -0.05) is 12.1 Å². The Kier molecular flexibility index (Phi) is 6.43. The summed E-state index contributed by atoms with van der Waals surface area (Å²) >= 11 is 0. The van der Waals surface area contributed by atoms with E-state index in [0.29, 0.717) is 0 Å². The summed E-state index contributed by atoms with van der Waals surface area (Å²) < 4.78 is 5.40. The van der Waals surface area contributed by atoms with Crippen LogP contribution in [0.25, 0.3) is 0 Å². The molecule has 1 aliphatic heterocycles. The minimum atomic E-state index is -0.442. The van der Waals surface area contributed by atoms with E-state index in [0.717, 1.165) is 37.6 Å². The van der Waals surface area contributed by atoms with Crippen LogP contribution in [0.15, 0.2) is 24.3 Å². The minimum Gasteiger partial charge on any atom is -0.495 e. The lowest BCUT2D eigenvalue weighted by Gasteiger charge is -2.36. The molecular weight excluding hydrogens is 308 g/mol. The van der Waals surface area contributed by atoms with Gasteiger partial charge in [-0.05, 0) is 26.0 Å². The van der Waals surface area contributed by atoms with Crippen molar-refractivity contribution in [3.63, 3.8) is 0 Å². The van der Waals surface area contributed by atoms with Crippen LogP contribution in [-0.4, -0.2) is 62.7 Å². The maximum Gasteiger partial charge on any atom is 0.321 e. The van der Waals surface area contributed by atoms with Crippen LogP contribution in [0.5, 0.6) is 5.75 Å². The average Bonchev–Trinajstić information content (AvgIpc) is 2.54. The number of para-hydroxylation sites is 2. The molecule has 0 spiro atoms. The first-order valence-electron chi connectivity index (χ1n) is 8.20. The summed E-state index contributed by atoms with van der Waals surface area (Å²) in [5, 5.41) is 5.00. The zero-order valence-electron chi connectivity index (χ0n) is 14.5. The van der Waals surface area contributed by atoms with Gasteiger partial charge in [0, 0.05) is 32.2 Å². The van der Waals surface area contributed by atoms with E-state index in [1.54, 1.807) is 7.11 Å². The van der Waals surface area contributed by atoms with Gasteiger partial charge in [-0.2, -0.15) is 0 Å². The molecule has 7 heteroatoms. The first-order chi connectivity index (χ1) is 11.5. The Bertz CT molecular complexity index is 569. The Hall–Kier alpha value is -2.28. The number of methoxy groups -OCH3 is 1. The number of carbonyl (C=O) groups is 2. The molecule has 2 rings (SSSR count). The third-order valence-corrected chi connectivity index (χ3v) is 3.84. The molecular formula is C17H26N4O3. The van der Waals surface area contributed by atoms with E-state index in [2.05, 4.69) is 15.5 Å². The summed E-state index contributed by atoms with van der Waals surface area (Å²) in [7, 11) is 1.67. The molecule has 0 atom stereocenters. The fourth-order valence-electron chi connectivity index (χ4n) is 2.71. The molecule has 0 radical (unpaired) electrons. The fraction of sp³-hybridized carbons (Fsp3) is 0.529. The second-order valence-electron chi connectivity index (χ2n) is 6.11. The number of rotatable bonds is 5. The number of imide groups is 1. The third-order valence-electron chi connectivity index (χ3n) is 3.84. The molecule has 7 nitrogen and oxygen atoms in total. The number of amides is 3. The molecule has 0 unspecified atom stereocenters. The third kappa shape index (κ3) is 5.13. The summed E-state index contributed by atoms with van der Waals surface area (Å²) in [6, 6.07) is 7.49. The van der Waals surface area contributed by atoms with Gasteiger partial charge in [0.25, 0.3) is 0 Å². The number of carbonyl (C=O) groups excluding carboxylic acids is 2. The van der Waals surface area contributed by atoms with E-state index in [4.69, 9.17) is 4.74 Å². The van der Waals surface area contributed by atoms with Crippen molar-refractivity contribution < 1.29 is 14.3 Å². The molecule has 1 fully saturated rings. The lowest BCUT2D eigenvalue weighted by atomic mass is 10.2. The standard InChI is InChI=1S/C17H26N4O3/c1-13(2)18-17(23)19-16(22)12-20-8-10-21(11-9-20)14-6-4-5-7-15(14)24-3/h4-7,13H,8-12H2,1-3H3,(H2,18,19,22,23). The molecule has 0 bridgehead atoms. The highest BCUT2D eigenvalue weighted by atomic mass is 16.5. The lowest BCUT2D eigenvalue weighted by molar-refractivity contribution is -0.121. The monoisotopic (exact) mass is 334 g/mol. The summed E-state index contributed by atoms with van der Waals surface area (Å²) in [5.41, 5.74) is 1.07. The Morgan fingerprint density at radius 3 is 2.46 bits per heavy atom. The van der Waals surface area contributed by atoms with E-state index < -0.39 is 6.03 Å². The smallest absolute Gasteiger partial charge is 0.321 e. The van der Waals surface area contributed by atoms with Crippen molar-refractivity contribution in [1.82, 2.24) is 15.5 Å². The van der Waals surface area contributed by atoms with Crippen LogP contribution in [0.3, 0.4) is 0 Å². The van der Waals surface area contributed by atoms with Crippen molar-refractivity contribution in [2.24, 2.45) is 0 Å². The molecule has 0 saturated carbocycles. The van der Waals surface area contributed by atoms with Crippen LogP contribution >= 0.6 is 0 Å². The van der Waals surface area contributed by atoms with Gasteiger partial charge in [-0.25, -0.2) is 4.79 Å². The largest absolute Gasteiger partial charge is 0.495 e. The summed E-state index contributed by atoms with van der Waals surface area (Å²) in [6.07, 6.45) is 0.